The van der Waals surface area contributed by atoms with Crippen molar-refractivity contribution in [1.29, 1.82) is 0 Å². The third-order valence-electron chi connectivity index (χ3n) is 4.23. The van der Waals surface area contributed by atoms with E-state index in [4.69, 9.17) is 14.2 Å². The van der Waals surface area contributed by atoms with E-state index in [1.165, 1.54) is 18.9 Å². The Hall–Kier alpha value is -2.84. The second-order valence-corrected chi connectivity index (χ2v) is 8.78. The van der Waals surface area contributed by atoms with Crippen molar-refractivity contribution in [2.75, 3.05) is 13.9 Å². The molecule has 0 N–H and O–H groups in total. The summed E-state index contributed by atoms with van der Waals surface area (Å²) in [7, 11) is 1.46. The lowest BCUT2D eigenvalue weighted by atomic mass is 10.1. The number of carbonyl (C=O) groups is 2. The molecule has 0 atom stereocenters. The molecule has 0 saturated carbocycles. The zero-order valence-corrected chi connectivity index (χ0v) is 18.9. The van der Waals surface area contributed by atoms with Crippen LogP contribution in [0.25, 0.3) is 11.0 Å². The van der Waals surface area contributed by atoms with Crippen molar-refractivity contribution in [3.8, 4) is 0 Å². The first kappa shape index (κ1) is 22.8. The summed E-state index contributed by atoms with van der Waals surface area (Å²) in [5.41, 5.74) is 2.36. The first-order chi connectivity index (χ1) is 14.8. The fourth-order valence-electron chi connectivity index (χ4n) is 3.00. The van der Waals surface area contributed by atoms with Crippen LogP contribution in [0.1, 0.15) is 36.7 Å². The molecule has 7 nitrogen and oxygen atoms in total. The molecule has 0 bridgehead atoms. The second-order valence-electron chi connectivity index (χ2n) is 7.84. The van der Waals surface area contributed by atoms with Gasteiger partial charge in [-0.25, -0.2) is 9.78 Å². The molecular weight excluding hydrogens is 416 g/mol. The highest BCUT2D eigenvalue weighted by Crippen LogP contribution is 2.28. The topological polar surface area (TPSA) is 79.7 Å². The summed E-state index contributed by atoms with van der Waals surface area (Å²) in [4.78, 5) is 29.5. The van der Waals surface area contributed by atoms with E-state index in [1.807, 2.05) is 61.7 Å². The van der Waals surface area contributed by atoms with Crippen LogP contribution in [0.5, 0.6) is 0 Å². The Bertz CT molecular complexity index is 1070. The molecule has 3 rings (SSSR count). The Balaban J connectivity index is 1.84. The van der Waals surface area contributed by atoms with Crippen LogP contribution in [0, 0.1) is 0 Å². The molecule has 0 unspecified atom stereocenters. The van der Waals surface area contributed by atoms with E-state index in [2.05, 4.69) is 4.98 Å². The lowest BCUT2D eigenvalue weighted by Gasteiger charge is -2.20. The number of thioether (sulfide) groups is 1. The third-order valence-corrected chi connectivity index (χ3v) is 5.25. The van der Waals surface area contributed by atoms with Crippen LogP contribution in [0.15, 0.2) is 53.7 Å². The van der Waals surface area contributed by atoms with E-state index in [0.29, 0.717) is 16.5 Å². The van der Waals surface area contributed by atoms with Crippen molar-refractivity contribution < 1.29 is 23.8 Å². The number of esters is 2. The third kappa shape index (κ3) is 6.08. The molecule has 1 aromatic heterocycles. The molecule has 0 fully saturated rings. The minimum atomic E-state index is -0.567. The number of fused-ring (bicyclic) bond motifs is 1. The molecule has 0 saturated heterocycles. The van der Waals surface area contributed by atoms with Gasteiger partial charge in [0.2, 0.25) is 0 Å². The largest absolute Gasteiger partial charge is 0.459 e. The highest BCUT2D eigenvalue weighted by Gasteiger charge is 2.20. The second kappa shape index (κ2) is 9.98. The minimum Gasteiger partial charge on any atom is -0.459 e. The molecule has 0 spiro atoms. The monoisotopic (exact) mass is 442 g/mol. The molecule has 164 valence electrons. The highest BCUT2D eigenvalue weighted by atomic mass is 32.2. The number of benzene rings is 2. The molecule has 0 aliphatic rings. The zero-order valence-electron chi connectivity index (χ0n) is 18.1. The predicted molar refractivity (Wildman–Crippen MR) is 119 cm³/mol. The number of ether oxygens (including phenoxy) is 3. The number of carbonyl (C=O) groups excluding carboxylic acids is 2. The lowest BCUT2D eigenvalue weighted by molar-refractivity contribution is -0.155. The van der Waals surface area contributed by atoms with Gasteiger partial charge in [0.15, 0.2) is 11.9 Å². The molecular formula is C23H26N2O5S. The van der Waals surface area contributed by atoms with Crippen LogP contribution in [0.2, 0.25) is 0 Å². The van der Waals surface area contributed by atoms with Crippen molar-refractivity contribution in [1.82, 2.24) is 9.55 Å². The zero-order chi connectivity index (χ0) is 22.4. The minimum absolute atomic E-state index is 0.0532. The van der Waals surface area contributed by atoms with Crippen LogP contribution in [-0.4, -0.2) is 41.0 Å². The van der Waals surface area contributed by atoms with Gasteiger partial charge in [-0.1, -0.05) is 42.1 Å². The first-order valence-electron chi connectivity index (χ1n) is 9.82. The Labute approximate surface area is 185 Å². The van der Waals surface area contributed by atoms with Crippen LogP contribution in [0.3, 0.4) is 0 Å². The van der Waals surface area contributed by atoms with E-state index in [-0.39, 0.29) is 19.3 Å². The van der Waals surface area contributed by atoms with E-state index in [9.17, 15) is 9.59 Å². The molecule has 0 aliphatic heterocycles. The Morgan fingerprint density at radius 1 is 1.06 bits per heavy atom. The Kier molecular flexibility index (Phi) is 7.35. The molecule has 3 aromatic rings. The van der Waals surface area contributed by atoms with Gasteiger partial charge >= 0.3 is 11.9 Å². The maximum Gasteiger partial charge on any atom is 0.340 e. The fourth-order valence-corrected chi connectivity index (χ4v) is 4.02. The average Bonchev–Trinajstić information content (AvgIpc) is 3.06. The van der Waals surface area contributed by atoms with Gasteiger partial charge in [-0.2, -0.15) is 0 Å². The maximum absolute atomic E-state index is 12.5. The molecule has 31 heavy (non-hydrogen) atoms. The van der Waals surface area contributed by atoms with Crippen molar-refractivity contribution >= 4 is 34.7 Å². The van der Waals surface area contributed by atoms with Gasteiger partial charge in [0.05, 0.1) is 16.6 Å². The molecule has 8 heteroatoms. The van der Waals surface area contributed by atoms with Crippen LogP contribution in [0.4, 0.5) is 0 Å². The SMILES string of the molecule is COCOC(=O)c1ccccc1CSc1nc2ccccc2n1CC(=O)OC(C)(C)C. The van der Waals surface area contributed by atoms with Crippen molar-refractivity contribution in [3.63, 3.8) is 0 Å². The number of aromatic nitrogens is 2. The predicted octanol–water partition coefficient (Wildman–Crippen LogP) is 4.43. The van der Waals surface area contributed by atoms with Gasteiger partial charge in [0.1, 0.15) is 12.1 Å². The highest BCUT2D eigenvalue weighted by molar-refractivity contribution is 7.98. The van der Waals surface area contributed by atoms with E-state index in [0.717, 1.165) is 16.6 Å². The Morgan fingerprint density at radius 3 is 2.52 bits per heavy atom. The number of methoxy groups -OCH3 is 1. The van der Waals surface area contributed by atoms with Crippen molar-refractivity contribution in [2.45, 2.75) is 43.8 Å². The van der Waals surface area contributed by atoms with Crippen molar-refractivity contribution in [2.24, 2.45) is 0 Å². The summed E-state index contributed by atoms with van der Waals surface area (Å²) in [6.07, 6.45) is 0. The lowest BCUT2D eigenvalue weighted by Crippen LogP contribution is -2.26. The molecule has 0 amide bonds. The smallest absolute Gasteiger partial charge is 0.340 e. The summed E-state index contributed by atoms with van der Waals surface area (Å²) in [5.74, 6) is -0.294. The van der Waals surface area contributed by atoms with E-state index < -0.39 is 11.6 Å². The van der Waals surface area contributed by atoms with Gasteiger partial charge < -0.3 is 18.8 Å². The molecule has 0 aliphatic carbocycles. The van der Waals surface area contributed by atoms with Gasteiger partial charge in [-0.3, -0.25) is 4.79 Å². The van der Waals surface area contributed by atoms with Gasteiger partial charge in [-0.05, 0) is 44.5 Å². The summed E-state index contributed by atoms with van der Waals surface area (Å²) < 4.78 is 17.2. The molecule has 0 radical (unpaired) electrons. The first-order valence-corrected chi connectivity index (χ1v) is 10.8. The van der Waals surface area contributed by atoms with Gasteiger partial charge in [0.25, 0.3) is 0 Å². The molecule has 2 aromatic carbocycles. The Morgan fingerprint density at radius 2 is 1.77 bits per heavy atom. The van der Waals surface area contributed by atoms with E-state index >= 15 is 0 Å². The summed E-state index contributed by atoms with van der Waals surface area (Å²) in [6, 6.07) is 14.9. The van der Waals surface area contributed by atoms with Crippen LogP contribution >= 0.6 is 11.8 Å². The maximum atomic E-state index is 12.5. The van der Waals surface area contributed by atoms with Crippen molar-refractivity contribution in [3.05, 3.63) is 59.7 Å². The number of nitrogens with zero attached hydrogens (tertiary/aromatic N) is 2. The van der Waals surface area contributed by atoms with Gasteiger partial charge in [-0.15, -0.1) is 0 Å². The number of rotatable bonds is 8. The van der Waals surface area contributed by atoms with Gasteiger partial charge in [0, 0.05) is 12.9 Å². The normalized spacial score (nSPS) is 11.5. The summed E-state index contributed by atoms with van der Waals surface area (Å²) in [6.45, 7) is 5.47. The van der Waals surface area contributed by atoms with E-state index in [1.54, 1.807) is 12.1 Å². The fraction of sp³-hybridized carbons (Fsp3) is 0.348. The number of imidazole rings is 1. The standard InChI is InChI=1S/C23H26N2O5S/c1-23(2,3)30-20(26)13-25-19-12-8-7-11-18(19)24-22(25)31-14-16-9-5-6-10-17(16)21(27)29-15-28-4/h5-12H,13-15H2,1-4H3. The average molecular weight is 443 g/mol. The summed E-state index contributed by atoms with van der Waals surface area (Å²) >= 11 is 1.45. The molecule has 1 heterocycles. The number of para-hydroxylation sites is 2. The number of hydrogen-bond acceptors (Lipinski definition) is 7. The van der Waals surface area contributed by atoms with Crippen LogP contribution in [-0.2, 0) is 31.3 Å². The summed E-state index contributed by atoms with van der Waals surface area (Å²) in [5, 5.41) is 0.673. The van der Waals surface area contributed by atoms with Crippen LogP contribution < -0.4 is 0 Å². The quantitative estimate of drug-likeness (QED) is 0.290. The number of hydrogen-bond donors (Lipinski definition) is 0.